The van der Waals surface area contributed by atoms with Gasteiger partial charge in [0, 0.05) is 46.0 Å². The number of fused-ring (bicyclic) bond motifs is 6. The van der Waals surface area contributed by atoms with E-state index < -0.39 is 17.7 Å². The summed E-state index contributed by atoms with van der Waals surface area (Å²) in [4.78, 5) is 25.4. The molecule has 3 aromatic carbocycles. The smallest absolute Gasteiger partial charge is 0.411 e. The lowest BCUT2D eigenvalue weighted by Gasteiger charge is -2.36. The average molecular weight is 508 g/mol. The number of anilines is 1. The van der Waals surface area contributed by atoms with Crippen LogP contribution in [0.15, 0.2) is 60.7 Å². The normalized spacial score (nSPS) is 21.7. The van der Waals surface area contributed by atoms with Gasteiger partial charge in [0.25, 0.3) is 0 Å². The maximum absolute atomic E-state index is 12.9. The summed E-state index contributed by atoms with van der Waals surface area (Å²) < 4.78 is 23.4. The molecule has 9 heteroatoms. The molecule has 0 aliphatic carbocycles. The number of carbonyl (C=O) groups excluding carboxylic acids is 2. The van der Waals surface area contributed by atoms with E-state index in [0.717, 1.165) is 23.5 Å². The predicted octanol–water partition coefficient (Wildman–Crippen LogP) is 5.97. The fourth-order valence-corrected chi connectivity index (χ4v) is 7.04. The Morgan fingerprint density at radius 3 is 2.63 bits per heavy atom. The lowest BCUT2D eigenvalue weighted by Crippen LogP contribution is -2.33. The van der Waals surface area contributed by atoms with Crippen LogP contribution in [0.3, 0.4) is 0 Å². The van der Waals surface area contributed by atoms with Crippen molar-refractivity contribution in [2.24, 2.45) is 0 Å². The van der Waals surface area contributed by atoms with Crippen molar-refractivity contribution in [1.82, 2.24) is 0 Å². The van der Waals surface area contributed by atoms with Crippen LogP contribution in [0.5, 0.6) is 17.2 Å². The zero-order valence-electron chi connectivity index (χ0n) is 18.7. The number of ether oxygens (including phenoxy) is 4. The summed E-state index contributed by atoms with van der Waals surface area (Å²) >= 11 is 0. The van der Waals surface area contributed by atoms with Crippen molar-refractivity contribution in [2.75, 3.05) is 23.9 Å². The molecule has 3 aliphatic heterocycles. The van der Waals surface area contributed by atoms with Gasteiger partial charge in [0.1, 0.15) is 23.4 Å². The van der Waals surface area contributed by atoms with Crippen LogP contribution in [-0.2, 0) is 15.1 Å². The van der Waals surface area contributed by atoms with E-state index in [1.54, 1.807) is 53.0 Å². The van der Waals surface area contributed by atoms with Gasteiger partial charge in [-0.15, -0.1) is 0 Å². The molecule has 1 N–H and O–H groups in total. The number of hydrogen-bond acceptors (Lipinski definition) is 8. The van der Waals surface area contributed by atoms with Crippen molar-refractivity contribution in [3.63, 3.8) is 0 Å². The van der Waals surface area contributed by atoms with Crippen LogP contribution < -0.4 is 14.8 Å². The standard InChI is InChI=1S/C26H21NO6S2/c1-30-16-7-9-21-23(13-16)32-22-12-15(27-25(29)31-17-10-11-34-35-14-17)6-8-20(22)26(21)19-5-3-2-4-18(19)24(28)33-26/h2-9,12-13,17H,10-11,14H2,1H3,(H,27,29). The highest BCUT2D eigenvalue weighted by molar-refractivity contribution is 8.76. The molecule has 1 fully saturated rings. The highest BCUT2D eigenvalue weighted by atomic mass is 33.1. The second kappa shape index (κ2) is 8.73. The van der Waals surface area contributed by atoms with Crippen molar-refractivity contribution in [3.8, 4) is 17.2 Å². The lowest BCUT2D eigenvalue weighted by molar-refractivity contribution is 0.0224. The number of hydrogen-bond donors (Lipinski definition) is 1. The van der Waals surface area contributed by atoms with E-state index in [0.29, 0.717) is 39.6 Å². The first-order chi connectivity index (χ1) is 17.1. The minimum absolute atomic E-state index is 0.104. The molecular formula is C26H21NO6S2. The monoisotopic (exact) mass is 507 g/mol. The Kier molecular flexibility index (Phi) is 5.53. The molecule has 178 valence electrons. The zero-order valence-corrected chi connectivity index (χ0v) is 20.4. The Balaban J connectivity index is 1.40. The third-order valence-corrected chi connectivity index (χ3v) is 8.79. The highest BCUT2D eigenvalue weighted by Gasteiger charge is 2.53. The van der Waals surface area contributed by atoms with E-state index in [2.05, 4.69) is 5.32 Å². The Morgan fingerprint density at radius 1 is 1.03 bits per heavy atom. The number of rotatable bonds is 3. The van der Waals surface area contributed by atoms with Gasteiger partial charge in [0.2, 0.25) is 0 Å². The number of methoxy groups -OCH3 is 1. The molecule has 0 saturated carbocycles. The van der Waals surface area contributed by atoms with Crippen LogP contribution in [0.1, 0.15) is 33.5 Å². The van der Waals surface area contributed by atoms with E-state index in [-0.39, 0.29) is 6.10 Å². The fraction of sp³-hybridized carbons (Fsp3) is 0.231. The second-order valence-corrected chi connectivity index (χ2v) is 11.0. The Labute approximate surface area is 209 Å². The predicted molar refractivity (Wildman–Crippen MR) is 135 cm³/mol. The third-order valence-electron chi connectivity index (χ3n) is 6.30. The zero-order chi connectivity index (χ0) is 24.0. The van der Waals surface area contributed by atoms with E-state index >= 15 is 0 Å². The van der Waals surface area contributed by atoms with Crippen LogP contribution in [0, 0.1) is 0 Å². The topological polar surface area (TPSA) is 83.1 Å². The van der Waals surface area contributed by atoms with Gasteiger partial charge in [0.05, 0.1) is 12.7 Å². The third kappa shape index (κ3) is 3.70. The summed E-state index contributed by atoms with van der Waals surface area (Å²) in [5.74, 6) is 2.93. The SMILES string of the molecule is COc1ccc2c(c1)Oc1cc(NC(=O)OC3CCSSC3)ccc1C21OC(=O)c2ccccc21. The number of carbonyl (C=O) groups is 2. The first kappa shape index (κ1) is 22.2. The summed E-state index contributed by atoms with van der Waals surface area (Å²) in [6.07, 6.45) is 0.226. The van der Waals surface area contributed by atoms with Crippen molar-refractivity contribution in [1.29, 1.82) is 0 Å². The molecule has 1 saturated heterocycles. The summed E-state index contributed by atoms with van der Waals surface area (Å²) in [5, 5.41) is 2.80. The molecule has 1 amide bonds. The highest BCUT2D eigenvalue weighted by Crippen LogP contribution is 2.56. The first-order valence-electron chi connectivity index (χ1n) is 11.1. The van der Waals surface area contributed by atoms with Crippen LogP contribution in [-0.4, -0.2) is 36.8 Å². The second-order valence-electron chi connectivity index (χ2n) is 8.34. The first-order valence-corrected chi connectivity index (χ1v) is 13.6. The van der Waals surface area contributed by atoms with Crippen molar-refractivity contribution >= 4 is 39.3 Å². The van der Waals surface area contributed by atoms with Gasteiger partial charge in [0.15, 0.2) is 5.60 Å². The Morgan fingerprint density at radius 2 is 1.83 bits per heavy atom. The van der Waals surface area contributed by atoms with Crippen LogP contribution in [0.4, 0.5) is 10.5 Å². The Bertz CT molecular complexity index is 1340. The van der Waals surface area contributed by atoms with E-state index in [1.165, 1.54) is 0 Å². The fourth-order valence-electron chi connectivity index (χ4n) is 4.70. The van der Waals surface area contributed by atoms with E-state index in [4.69, 9.17) is 18.9 Å². The summed E-state index contributed by atoms with van der Waals surface area (Å²) in [6.45, 7) is 0. The van der Waals surface area contributed by atoms with Crippen LogP contribution >= 0.6 is 21.6 Å². The minimum Gasteiger partial charge on any atom is -0.497 e. The van der Waals surface area contributed by atoms with Gasteiger partial charge in [-0.25, -0.2) is 9.59 Å². The van der Waals surface area contributed by atoms with Gasteiger partial charge in [-0.1, -0.05) is 39.8 Å². The molecule has 6 rings (SSSR count). The maximum Gasteiger partial charge on any atom is 0.411 e. The molecule has 0 aromatic heterocycles. The van der Waals surface area contributed by atoms with Gasteiger partial charge in [-0.05, 0) is 36.8 Å². The van der Waals surface area contributed by atoms with Gasteiger partial charge < -0.3 is 18.9 Å². The van der Waals surface area contributed by atoms with Crippen LogP contribution in [0.25, 0.3) is 0 Å². The quantitative estimate of drug-likeness (QED) is 0.343. The van der Waals surface area contributed by atoms with Crippen molar-refractivity contribution < 1.29 is 28.5 Å². The summed E-state index contributed by atoms with van der Waals surface area (Å²) in [6, 6.07) is 18.1. The average Bonchev–Trinajstić information content (AvgIpc) is 3.17. The summed E-state index contributed by atoms with van der Waals surface area (Å²) in [7, 11) is 5.08. The molecule has 2 unspecified atom stereocenters. The molecule has 3 aromatic rings. The molecule has 1 spiro atoms. The molecule has 0 radical (unpaired) electrons. The lowest BCUT2D eigenvalue weighted by atomic mass is 9.77. The molecule has 3 heterocycles. The molecule has 0 bridgehead atoms. The van der Waals surface area contributed by atoms with Gasteiger partial charge in [-0.2, -0.15) is 0 Å². The van der Waals surface area contributed by atoms with Crippen molar-refractivity contribution in [2.45, 2.75) is 18.1 Å². The number of nitrogens with one attached hydrogen (secondary N) is 1. The number of benzene rings is 3. The van der Waals surface area contributed by atoms with Crippen LogP contribution in [0.2, 0.25) is 0 Å². The van der Waals surface area contributed by atoms with Gasteiger partial charge >= 0.3 is 12.1 Å². The van der Waals surface area contributed by atoms with E-state index in [9.17, 15) is 9.59 Å². The molecule has 35 heavy (non-hydrogen) atoms. The summed E-state index contributed by atoms with van der Waals surface area (Å²) in [5.41, 5.74) is 1.99. The minimum atomic E-state index is -1.17. The molecular weight excluding hydrogens is 486 g/mol. The molecule has 2 atom stereocenters. The van der Waals surface area contributed by atoms with Gasteiger partial charge in [-0.3, -0.25) is 5.32 Å². The molecule has 3 aliphatic rings. The number of esters is 1. The maximum atomic E-state index is 12.9. The Hall–Kier alpha value is -3.30. The number of amides is 1. The van der Waals surface area contributed by atoms with Crippen molar-refractivity contribution in [3.05, 3.63) is 82.9 Å². The molecule has 7 nitrogen and oxygen atoms in total. The van der Waals surface area contributed by atoms with E-state index in [1.807, 2.05) is 36.4 Å². The largest absolute Gasteiger partial charge is 0.497 e.